The molecule has 2 aliphatic rings. The molecule has 0 bridgehead atoms. The van der Waals surface area contributed by atoms with E-state index >= 15 is 0 Å². The van der Waals surface area contributed by atoms with Crippen molar-refractivity contribution in [1.29, 1.82) is 0 Å². The number of nitrogens with one attached hydrogen (secondary N) is 1. The topological polar surface area (TPSA) is 82.3 Å². The number of likely N-dealkylation sites (tertiary alicyclic amines) is 1. The number of aromatic nitrogens is 4. The van der Waals surface area contributed by atoms with Crippen LogP contribution in [0.3, 0.4) is 0 Å². The number of anilines is 2. The van der Waals surface area contributed by atoms with Crippen molar-refractivity contribution in [1.82, 2.24) is 24.6 Å². The highest BCUT2D eigenvalue weighted by Crippen LogP contribution is 2.35. The number of hydrogen-bond acceptors (Lipinski definition) is 7. The highest BCUT2D eigenvalue weighted by molar-refractivity contribution is 5.89. The third-order valence-electron chi connectivity index (χ3n) is 7.34. The smallest absolute Gasteiger partial charge is 0.390 e. The Morgan fingerprint density at radius 2 is 1.81 bits per heavy atom. The Kier molecular flexibility index (Phi) is 6.32. The van der Waals surface area contributed by atoms with Crippen LogP contribution in [-0.2, 0) is 6.18 Å². The first-order chi connectivity index (χ1) is 17.0. The molecule has 194 valence electrons. The monoisotopic (exact) mass is 503 g/mol. The summed E-state index contributed by atoms with van der Waals surface area (Å²) in [5.41, 5.74) is -0.739. The molecule has 36 heavy (non-hydrogen) atoms. The van der Waals surface area contributed by atoms with Gasteiger partial charge in [0.15, 0.2) is 5.65 Å². The molecule has 11 heteroatoms. The lowest BCUT2D eigenvalue weighted by Crippen LogP contribution is -2.42. The summed E-state index contributed by atoms with van der Waals surface area (Å²) in [6, 6.07) is 5.29. The van der Waals surface area contributed by atoms with Crippen LogP contribution in [0.15, 0.2) is 30.5 Å². The zero-order valence-corrected chi connectivity index (χ0v) is 20.8. The Balaban J connectivity index is 1.54. The van der Waals surface area contributed by atoms with Crippen molar-refractivity contribution in [3.05, 3.63) is 36.0 Å². The number of alkyl halides is 3. The predicted octanol–water partition coefficient (Wildman–Crippen LogP) is 3.94. The molecule has 5 rings (SSSR count). The van der Waals surface area contributed by atoms with E-state index in [1.54, 1.807) is 12.3 Å². The lowest BCUT2D eigenvalue weighted by atomic mass is 9.83. The van der Waals surface area contributed by atoms with Crippen molar-refractivity contribution >= 4 is 22.8 Å². The first-order valence-corrected chi connectivity index (χ1v) is 12.3. The maximum Gasteiger partial charge on any atom is 0.416 e. The van der Waals surface area contributed by atoms with Crippen molar-refractivity contribution in [3.63, 3.8) is 0 Å². The standard InChI is InChI=1S/C25H32F3N7O/c1-24(2,36)16-7-11-34(12-8-16)21-20-14-29-35(19-6-4-5-17(13-19)25(26,27)28)22(20)32-23(31-21)30-18-9-10-33(3)15-18/h4-6,13-14,16,18,36H,7-12,15H2,1-3H3,(H,30,31,32)/t18-/m0/s1. The molecule has 1 aromatic carbocycles. The maximum absolute atomic E-state index is 13.4. The van der Waals surface area contributed by atoms with Gasteiger partial charge in [-0.05, 0) is 70.8 Å². The van der Waals surface area contributed by atoms with E-state index in [0.717, 1.165) is 44.5 Å². The number of rotatable bonds is 5. The number of aliphatic hydroxyl groups is 1. The van der Waals surface area contributed by atoms with Gasteiger partial charge in [-0.1, -0.05) is 6.07 Å². The van der Waals surface area contributed by atoms with Crippen LogP contribution in [0.1, 0.15) is 38.7 Å². The zero-order valence-electron chi connectivity index (χ0n) is 20.8. The van der Waals surface area contributed by atoms with Gasteiger partial charge in [0.05, 0.1) is 28.4 Å². The van der Waals surface area contributed by atoms with Crippen molar-refractivity contribution in [3.8, 4) is 5.69 Å². The molecule has 2 aliphatic heterocycles. The molecule has 1 atom stereocenters. The number of likely N-dealkylation sites (N-methyl/N-ethyl adjacent to an activating group) is 1. The number of hydrogen-bond donors (Lipinski definition) is 2. The molecule has 2 saturated heterocycles. The van der Waals surface area contributed by atoms with Gasteiger partial charge in [-0.2, -0.15) is 28.2 Å². The van der Waals surface area contributed by atoms with Crippen LogP contribution in [0.5, 0.6) is 0 Å². The quantitative estimate of drug-likeness (QED) is 0.546. The normalized spacial score (nSPS) is 20.4. The van der Waals surface area contributed by atoms with Crippen LogP contribution < -0.4 is 10.2 Å². The minimum Gasteiger partial charge on any atom is -0.390 e. The van der Waals surface area contributed by atoms with Gasteiger partial charge in [-0.3, -0.25) is 0 Å². The van der Waals surface area contributed by atoms with Crippen molar-refractivity contribution in [2.75, 3.05) is 43.4 Å². The second-order valence-corrected chi connectivity index (χ2v) is 10.5. The van der Waals surface area contributed by atoms with Crippen LogP contribution in [0, 0.1) is 5.92 Å². The summed E-state index contributed by atoms with van der Waals surface area (Å²) < 4.78 is 41.6. The van der Waals surface area contributed by atoms with E-state index in [9.17, 15) is 18.3 Å². The van der Waals surface area contributed by atoms with E-state index in [4.69, 9.17) is 9.97 Å². The number of halogens is 3. The summed E-state index contributed by atoms with van der Waals surface area (Å²) in [5, 5.41) is 19.0. The molecular formula is C25H32F3N7O. The molecule has 3 aromatic rings. The minimum atomic E-state index is -4.45. The van der Waals surface area contributed by atoms with E-state index in [-0.39, 0.29) is 17.6 Å². The van der Waals surface area contributed by atoms with E-state index < -0.39 is 17.3 Å². The van der Waals surface area contributed by atoms with E-state index in [1.165, 1.54) is 10.7 Å². The molecule has 0 amide bonds. The van der Waals surface area contributed by atoms with Crippen LogP contribution in [0.25, 0.3) is 16.7 Å². The van der Waals surface area contributed by atoms with Gasteiger partial charge in [0.1, 0.15) is 5.82 Å². The molecule has 0 aliphatic carbocycles. The summed E-state index contributed by atoms with van der Waals surface area (Å²) in [7, 11) is 2.06. The molecule has 2 N–H and O–H groups in total. The van der Waals surface area contributed by atoms with E-state index in [0.29, 0.717) is 35.9 Å². The average Bonchev–Trinajstić information content (AvgIpc) is 3.43. The fourth-order valence-corrected chi connectivity index (χ4v) is 5.23. The summed E-state index contributed by atoms with van der Waals surface area (Å²) in [6.45, 7) is 6.94. The van der Waals surface area contributed by atoms with E-state index in [1.807, 2.05) is 13.8 Å². The molecule has 0 unspecified atom stereocenters. The average molecular weight is 504 g/mol. The van der Waals surface area contributed by atoms with Gasteiger partial charge >= 0.3 is 6.18 Å². The summed E-state index contributed by atoms with van der Waals surface area (Å²) in [6.07, 6.45) is -0.248. The molecule has 2 aromatic heterocycles. The minimum absolute atomic E-state index is 0.186. The number of fused-ring (bicyclic) bond motifs is 1. The van der Waals surface area contributed by atoms with Gasteiger partial charge in [0.25, 0.3) is 0 Å². The third-order valence-corrected chi connectivity index (χ3v) is 7.34. The molecule has 0 spiro atoms. The Bertz CT molecular complexity index is 1230. The maximum atomic E-state index is 13.4. The Morgan fingerprint density at radius 3 is 2.44 bits per heavy atom. The molecule has 8 nitrogen and oxygen atoms in total. The van der Waals surface area contributed by atoms with Crippen LogP contribution >= 0.6 is 0 Å². The van der Waals surface area contributed by atoms with Crippen LogP contribution in [0.2, 0.25) is 0 Å². The Hall–Kier alpha value is -2.92. The van der Waals surface area contributed by atoms with E-state index in [2.05, 4.69) is 27.3 Å². The first kappa shape index (κ1) is 24.8. The largest absolute Gasteiger partial charge is 0.416 e. The second kappa shape index (κ2) is 9.19. The Morgan fingerprint density at radius 1 is 1.06 bits per heavy atom. The third kappa shape index (κ3) is 4.99. The van der Waals surface area contributed by atoms with Gasteiger partial charge in [0, 0.05) is 25.7 Å². The lowest BCUT2D eigenvalue weighted by molar-refractivity contribution is -0.137. The molecule has 0 saturated carbocycles. The summed E-state index contributed by atoms with van der Waals surface area (Å²) in [5.74, 6) is 1.34. The SMILES string of the molecule is CN1CC[C@H](Nc2nc(N3CCC(C(C)(C)O)CC3)c3cnn(-c4cccc(C(F)(F)F)c4)c3n2)C1. The zero-order chi connectivity index (χ0) is 25.7. The number of piperidine rings is 1. The molecular weight excluding hydrogens is 471 g/mol. The van der Waals surface area contributed by atoms with Crippen LogP contribution in [0.4, 0.5) is 24.9 Å². The molecule has 2 fully saturated rings. The first-order valence-electron chi connectivity index (χ1n) is 12.3. The molecule has 4 heterocycles. The lowest BCUT2D eigenvalue weighted by Gasteiger charge is -2.38. The summed E-state index contributed by atoms with van der Waals surface area (Å²) >= 11 is 0. The summed E-state index contributed by atoms with van der Waals surface area (Å²) in [4.78, 5) is 14.0. The van der Waals surface area contributed by atoms with Gasteiger partial charge < -0.3 is 20.2 Å². The van der Waals surface area contributed by atoms with Crippen molar-refractivity contribution in [2.24, 2.45) is 5.92 Å². The highest BCUT2D eigenvalue weighted by Gasteiger charge is 2.33. The Labute approximate surface area is 208 Å². The second-order valence-electron chi connectivity index (χ2n) is 10.5. The van der Waals surface area contributed by atoms with Gasteiger partial charge in [-0.15, -0.1) is 0 Å². The van der Waals surface area contributed by atoms with Gasteiger partial charge in [-0.25, -0.2) is 4.68 Å². The predicted molar refractivity (Wildman–Crippen MR) is 132 cm³/mol. The number of nitrogens with zero attached hydrogens (tertiary/aromatic N) is 6. The fourth-order valence-electron chi connectivity index (χ4n) is 5.23. The highest BCUT2D eigenvalue weighted by atomic mass is 19.4. The number of benzene rings is 1. The van der Waals surface area contributed by atoms with Crippen LogP contribution in [-0.4, -0.2) is 74.6 Å². The van der Waals surface area contributed by atoms with Crippen molar-refractivity contribution < 1.29 is 18.3 Å². The van der Waals surface area contributed by atoms with Gasteiger partial charge in [0.2, 0.25) is 5.95 Å². The molecule has 0 radical (unpaired) electrons. The fraction of sp³-hybridized carbons (Fsp3) is 0.560. The van der Waals surface area contributed by atoms with Crippen molar-refractivity contribution in [2.45, 2.75) is 50.9 Å².